The number of aliphatic hydroxyl groups is 1. The average Bonchev–Trinajstić information content (AvgIpc) is 2.50. The summed E-state index contributed by atoms with van der Waals surface area (Å²) in [5.41, 5.74) is 0.967. The number of carbonyl (C=O) groups is 1. The first-order valence-electron chi connectivity index (χ1n) is 7.69. The molecule has 1 aliphatic rings. The molecule has 0 bridgehead atoms. The van der Waals surface area contributed by atoms with Crippen LogP contribution < -0.4 is 10.1 Å². The molecule has 0 saturated heterocycles. The van der Waals surface area contributed by atoms with Gasteiger partial charge in [-0.3, -0.25) is 4.79 Å². The average molecular weight is 324 g/mol. The van der Waals surface area contributed by atoms with Crippen LogP contribution in [0.3, 0.4) is 0 Å². The molecular weight excluding hydrogens is 300 g/mol. The summed E-state index contributed by atoms with van der Waals surface area (Å²) in [6, 6.07) is 3.65. The molecule has 2 N–H and O–H groups in total. The summed E-state index contributed by atoms with van der Waals surface area (Å²) in [6.07, 6.45) is 3.47. The number of hydrogen-bond donors (Lipinski definition) is 2. The van der Waals surface area contributed by atoms with Gasteiger partial charge in [-0.05, 0) is 30.1 Å². The van der Waals surface area contributed by atoms with E-state index >= 15 is 0 Å². The second kappa shape index (κ2) is 8.39. The maximum absolute atomic E-state index is 12.1. The summed E-state index contributed by atoms with van der Waals surface area (Å²) >= 11 is 1.76. The van der Waals surface area contributed by atoms with Gasteiger partial charge in [0.2, 0.25) is 11.8 Å². The van der Waals surface area contributed by atoms with Crippen LogP contribution in [0.25, 0.3) is 0 Å². The number of aromatic nitrogens is 1. The molecule has 1 heterocycles. The Balaban J connectivity index is 2.00. The summed E-state index contributed by atoms with van der Waals surface area (Å²) in [5, 5.41) is 12.7. The Morgan fingerprint density at radius 2 is 2.32 bits per heavy atom. The topological polar surface area (TPSA) is 71.5 Å². The van der Waals surface area contributed by atoms with E-state index in [0.29, 0.717) is 12.3 Å². The van der Waals surface area contributed by atoms with Crippen molar-refractivity contribution in [3.63, 3.8) is 0 Å². The van der Waals surface area contributed by atoms with Gasteiger partial charge in [0.15, 0.2) is 0 Å². The summed E-state index contributed by atoms with van der Waals surface area (Å²) in [6.45, 7) is 2.09. The second-order valence-corrected chi connectivity index (χ2v) is 6.91. The number of aliphatic hydroxyl groups excluding tert-OH is 1. The van der Waals surface area contributed by atoms with Crippen LogP contribution in [0.1, 0.15) is 37.8 Å². The summed E-state index contributed by atoms with van der Waals surface area (Å²) in [7, 11) is 1.58. The van der Waals surface area contributed by atoms with Crippen LogP contribution in [-0.2, 0) is 4.79 Å². The number of hydrogen-bond acceptors (Lipinski definition) is 5. The molecule has 6 heteroatoms. The monoisotopic (exact) mass is 324 g/mol. The van der Waals surface area contributed by atoms with Gasteiger partial charge in [-0.1, -0.05) is 13.0 Å². The van der Waals surface area contributed by atoms with Crippen LogP contribution >= 0.6 is 11.8 Å². The Hall–Kier alpha value is -1.27. The highest BCUT2D eigenvalue weighted by Gasteiger charge is 2.35. The van der Waals surface area contributed by atoms with Crippen molar-refractivity contribution in [3.05, 3.63) is 23.9 Å². The highest BCUT2D eigenvalue weighted by atomic mass is 32.2. The van der Waals surface area contributed by atoms with Crippen molar-refractivity contribution in [1.29, 1.82) is 0 Å². The fourth-order valence-electron chi connectivity index (χ4n) is 2.63. The Labute approximate surface area is 135 Å². The first-order valence-corrected chi connectivity index (χ1v) is 8.84. The van der Waals surface area contributed by atoms with Crippen LogP contribution in [-0.4, -0.2) is 40.7 Å². The van der Waals surface area contributed by atoms with Gasteiger partial charge in [0, 0.05) is 24.4 Å². The Kier molecular flexibility index (Phi) is 6.51. The molecule has 0 aliphatic heterocycles. The van der Waals surface area contributed by atoms with Crippen LogP contribution in [0.2, 0.25) is 0 Å². The van der Waals surface area contributed by atoms with E-state index in [1.54, 1.807) is 31.1 Å². The fraction of sp³-hybridized carbons (Fsp3) is 0.625. The van der Waals surface area contributed by atoms with Gasteiger partial charge in [-0.25, -0.2) is 4.98 Å². The minimum absolute atomic E-state index is 0.0585. The Morgan fingerprint density at radius 3 is 2.86 bits per heavy atom. The molecule has 0 aromatic carbocycles. The lowest BCUT2D eigenvalue weighted by molar-refractivity contribution is -0.122. The predicted molar refractivity (Wildman–Crippen MR) is 88.0 cm³/mol. The maximum Gasteiger partial charge on any atom is 0.221 e. The number of nitrogens with zero attached hydrogens (tertiary/aromatic N) is 1. The Bertz CT molecular complexity index is 475. The molecule has 1 aliphatic carbocycles. The number of methoxy groups -OCH3 is 1. The lowest BCUT2D eigenvalue weighted by Crippen LogP contribution is -2.41. The minimum atomic E-state index is -0.244. The summed E-state index contributed by atoms with van der Waals surface area (Å²) < 4.78 is 5.07. The smallest absolute Gasteiger partial charge is 0.221 e. The van der Waals surface area contributed by atoms with Gasteiger partial charge < -0.3 is 15.2 Å². The lowest BCUT2D eigenvalue weighted by Gasteiger charge is -2.38. The van der Waals surface area contributed by atoms with Crippen molar-refractivity contribution in [1.82, 2.24) is 10.3 Å². The highest BCUT2D eigenvalue weighted by molar-refractivity contribution is 7.99. The number of carbonyl (C=O) groups excluding carboxylic acids is 1. The van der Waals surface area contributed by atoms with E-state index in [-0.39, 0.29) is 24.0 Å². The molecule has 0 spiro atoms. The molecule has 1 amide bonds. The fourth-order valence-corrected chi connectivity index (χ4v) is 3.25. The third-order valence-corrected chi connectivity index (χ3v) is 4.84. The van der Waals surface area contributed by atoms with Gasteiger partial charge in [-0.15, -0.1) is 0 Å². The summed E-state index contributed by atoms with van der Waals surface area (Å²) in [4.78, 5) is 16.3. The number of ether oxygens (including phenoxy) is 1. The highest BCUT2D eigenvalue weighted by Crippen LogP contribution is 2.38. The first kappa shape index (κ1) is 17.1. The molecule has 1 saturated carbocycles. The third kappa shape index (κ3) is 4.61. The molecular formula is C16H24N2O3S. The van der Waals surface area contributed by atoms with Gasteiger partial charge >= 0.3 is 0 Å². The normalized spacial score (nSPS) is 21.8. The van der Waals surface area contributed by atoms with E-state index in [1.807, 2.05) is 6.07 Å². The zero-order valence-electron chi connectivity index (χ0n) is 13.1. The zero-order valence-corrected chi connectivity index (χ0v) is 13.9. The molecule has 0 unspecified atom stereocenters. The van der Waals surface area contributed by atoms with Gasteiger partial charge in [-0.2, -0.15) is 11.8 Å². The molecule has 5 nitrogen and oxygen atoms in total. The third-order valence-electron chi connectivity index (χ3n) is 3.94. The molecule has 1 aromatic rings. The van der Waals surface area contributed by atoms with Gasteiger partial charge in [0.1, 0.15) is 0 Å². The maximum atomic E-state index is 12.1. The number of nitrogens with one attached hydrogen (secondary N) is 1. The number of amides is 1. The van der Waals surface area contributed by atoms with Crippen LogP contribution in [0.4, 0.5) is 0 Å². The zero-order chi connectivity index (χ0) is 15.9. The lowest BCUT2D eigenvalue weighted by atomic mass is 9.75. The van der Waals surface area contributed by atoms with E-state index < -0.39 is 0 Å². The largest absolute Gasteiger partial charge is 0.481 e. The second-order valence-electron chi connectivity index (χ2n) is 5.51. The molecule has 22 heavy (non-hydrogen) atoms. The van der Waals surface area contributed by atoms with Crippen LogP contribution in [0.15, 0.2) is 18.3 Å². The molecule has 1 atom stereocenters. The predicted octanol–water partition coefficient (Wildman–Crippen LogP) is 2.16. The number of rotatable bonds is 8. The first-order chi connectivity index (χ1) is 10.6. The van der Waals surface area contributed by atoms with Gasteiger partial charge in [0.25, 0.3) is 0 Å². The van der Waals surface area contributed by atoms with E-state index in [1.165, 1.54) is 0 Å². The van der Waals surface area contributed by atoms with Crippen LogP contribution in [0, 0.1) is 5.92 Å². The van der Waals surface area contributed by atoms with Gasteiger partial charge in [0.05, 0.1) is 19.3 Å². The minimum Gasteiger partial charge on any atom is -0.481 e. The summed E-state index contributed by atoms with van der Waals surface area (Å²) in [5.74, 6) is 2.75. The van der Waals surface area contributed by atoms with Crippen molar-refractivity contribution < 1.29 is 14.6 Å². The van der Waals surface area contributed by atoms with E-state index in [0.717, 1.165) is 29.9 Å². The molecule has 1 aromatic heterocycles. The van der Waals surface area contributed by atoms with Crippen molar-refractivity contribution in [2.75, 3.05) is 18.6 Å². The van der Waals surface area contributed by atoms with Crippen molar-refractivity contribution in [2.24, 2.45) is 5.92 Å². The molecule has 2 rings (SSSR count). The van der Waals surface area contributed by atoms with E-state index in [2.05, 4.69) is 17.2 Å². The van der Waals surface area contributed by atoms with Crippen molar-refractivity contribution >= 4 is 17.7 Å². The quantitative estimate of drug-likeness (QED) is 0.717. The number of thioether (sulfide) groups is 1. The SMILES string of the molecule is CCSCCC(=O)N[C@@H](c1ccc(OC)nc1)C1CC(O)C1. The molecule has 0 radical (unpaired) electrons. The Morgan fingerprint density at radius 1 is 1.55 bits per heavy atom. The van der Waals surface area contributed by atoms with Crippen molar-refractivity contribution in [3.8, 4) is 5.88 Å². The molecule has 122 valence electrons. The van der Waals surface area contributed by atoms with E-state index in [9.17, 15) is 9.90 Å². The van der Waals surface area contributed by atoms with E-state index in [4.69, 9.17) is 4.74 Å². The standard InChI is InChI=1S/C16H24N2O3S/c1-3-22-7-6-14(20)18-16(12-8-13(19)9-12)11-4-5-15(21-2)17-10-11/h4-5,10,12-13,16,19H,3,6-9H2,1-2H3,(H,18,20)/t12?,13?,16-/m0/s1. The molecule has 1 fully saturated rings. The van der Waals surface area contributed by atoms with Crippen LogP contribution in [0.5, 0.6) is 5.88 Å². The van der Waals surface area contributed by atoms with Crippen molar-refractivity contribution in [2.45, 2.75) is 38.3 Å². The number of pyridine rings is 1.